The van der Waals surface area contributed by atoms with Crippen molar-refractivity contribution in [2.24, 2.45) is 5.92 Å². The molecule has 0 bridgehead atoms. The number of unbranched alkanes of at least 4 members (excludes halogenated alkanes) is 45. The maximum Gasteiger partial charge on any atom is 0.472 e. The molecule has 0 rings (SSSR count). The number of hydrogen-bond acceptors (Lipinski definition) is 15. The lowest BCUT2D eigenvalue weighted by atomic mass is 9.99. The van der Waals surface area contributed by atoms with Crippen LogP contribution in [-0.4, -0.2) is 96.7 Å². The van der Waals surface area contributed by atoms with Crippen LogP contribution >= 0.6 is 15.6 Å². The van der Waals surface area contributed by atoms with Gasteiger partial charge in [0.05, 0.1) is 26.4 Å². The van der Waals surface area contributed by atoms with Crippen LogP contribution in [0.3, 0.4) is 0 Å². The molecule has 0 saturated carbocycles. The van der Waals surface area contributed by atoms with Gasteiger partial charge in [0.25, 0.3) is 0 Å². The number of phosphoric ester groups is 2. The second kappa shape index (κ2) is 67.3. The van der Waals surface area contributed by atoms with Gasteiger partial charge in [-0.05, 0) is 31.6 Å². The normalized spacial score (nSPS) is 14.3. The minimum Gasteiger partial charge on any atom is -0.462 e. The number of carbonyl (C=O) groups excluding carboxylic acids is 4. The van der Waals surface area contributed by atoms with E-state index in [0.29, 0.717) is 25.7 Å². The highest BCUT2D eigenvalue weighted by atomic mass is 31.2. The van der Waals surface area contributed by atoms with Gasteiger partial charge < -0.3 is 33.8 Å². The molecule has 0 amide bonds. The van der Waals surface area contributed by atoms with E-state index < -0.39 is 97.5 Å². The summed E-state index contributed by atoms with van der Waals surface area (Å²) < 4.78 is 68.2. The molecule has 17 nitrogen and oxygen atoms in total. The first-order chi connectivity index (χ1) is 45.1. The smallest absolute Gasteiger partial charge is 0.462 e. The fraction of sp³-hybridized carbons (Fsp3) is 0.946. The summed E-state index contributed by atoms with van der Waals surface area (Å²) >= 11 is 0. The fourth-order valence-electron chi connectivity index (χ4n) is 11.3. The highest BCUT2D eigenvalue weighted by Gasteiger charge is 2.30. The molecule has 0 aromatic heterocycles. The van der Waals surface area contributed by atoms with Crippen LogP contribution < -0.4 is 0 Å². The molecular formula is C74H144O17P2. The Labute approximate surface area is 568 Å². The van der Waals surface area contributed by atoms with Crippen molar-refractivity contribution >= 4 is 39.5 Å². The SMILES string of the molecule is CCCCCCCCCCCCCCCCCC(=O)OC[C@H](COP(=O)(O)OC[C@@H](O)COP(=O)(O)OC[C@@H](COC(=O)CCCCCCCCC)OC(=O)CCCCCCCCCCC)OC(=O)CCCCCCCCCCCCCCCCCCCCC(C)CC. The molecule has 0 aliphatic carbocycles. The van der Waals surface area contributed by atoms with Gasteiger partial charge in [0.2, 0.25) is 0 Å². The summed E-state index contributed by atoms with van der Waals surface area (Å²) in [6.07, 6.45) is 55.7. The van der Waals surface area contributed by atoms with Crippen LogP contribution in [0, 0.1) is 5.92 Å². The van der Waals surface area contributed by atoms with Crippen LogP contribution in [0.2, 0.25) is 0 Å². The van der Waals surface area contributed by atoms with Gasteiger partial charge in [-0.2, -0.15) is 0 Å². The number of carbonyl (C=O) groups is 4. The van der Waals surface area contributed by atoms with E-state index in [4.69, 9.17) is 37.0 Å². The molecule has 0 aromatic rings. The molecule has 0 aliphatic heterocycles. The second-order valence-electron chi connectivity index (χ2n) is 26.9. The Hall–Kier alpha value is -1.94. The van der Waals surface area contributed by atoms with Gasteiger partial charge in [-0.3, -0.25) is 37.3 Å². The van der Waals surface area contributed by atoms with E-state index in [9.17, 15) is 43.2 Å². The molecule has 0 aliphatic rings. The Bertz CT molecular complexity index is 1790. The van der Waals surface area contributed by atoms with Crippen molar-refractivity contribution in [3.63, 3.8) is 0 Å². The highest BCUT2D eigenvalue weighted by molar-refractivity contribution is 7.47. The number of phosphoric acid groups is 2. The molecule has 0 fully saturated rings. The van der Waals surface area contributed by atoms with E-state index >= 15 is 0 Å². The summed E-state index contributed by atoms with van der Waals surface area (Å²) in [5.41, 5.74) is 0. The molecule has 0 radical (unpaired) electrons. The standard InChI is InChI=1S/C74H144O17P2/c1-6-10-13-16-19-21-22-23-28-32-35-39-43-48-53-58-72(77)85-64-70(91-74(79)60-55-50-45-40-36-33-30-27-25-24-26-29-31-34-38-42-46-51-56-67(5)9-4)66-89-93(82,83)87-62-68(75)61-86-92(80,81)88-65-69(63-84-71(76)57-52-47-41-18-15-12-8-3)90-73(78)59-54-49-44-37-20-17-14-11-7-2/h67-70,75H,6-66H2,1-5H3,(H,80,81)(H,82,83)/t67?,68-,69+,70+/m0/s1. The zero-order valence-electron chi connectivity index (χ0n) is 60.4. The molecule has 0 saturated heterocycles. The lowest BCUT2D eigenvalue weighted by Crippen LogP contribution is -2.30. The average molecular weight is 1370 g/mol. The Morgan fingerprint density at radius 1 is 0.301 bits per heavy atom. The number of esters is 4. The third kappa shape index (κ3) is 67.0. The molecule has 3 N–H and O–H groups in total. The first-order valence-corrected chi connectivity index (χ1v) is 41.7. The first kappa shape index (κ1) is 91.1. The molecule has 0 spiro atoms. The van der Waals surface area contributed by atoms with Crippen LogP contribution in [0.25, 0.3) is 0 Å². The maximum absolute atomic E-state index is 13.1. The number of aliphatic hydroxyl groups excluding tert-OH is 1. The van der Waals surface area contributed by atoms with Crippen molar-refractivity contribution in [3.05, 3.63) is 0 Å². The zero-order chi connectivity index (χ0) is 68.4. The highest BCUT2D eigenvalue weighted by Crippen LogP contribution is 2.45. The van der Waals surface area contributed by atoms with E-state index in [-0.39, 0.29) is 25.7 Å². The second-order valence-corrected chi connectivity index (χ2v) is 29.8. The predicted octanol–water partition coefficient (Wildman–Crippen LogP) is 21.7. The topological polar surface area (TPSA) is 237 Å². The molecular weight excluding hydrogens is 1220 g/mol. The van der Waals surface area contributed by atoms with Crippen molar-refractivity contribution < 1.29 is 80.2 Å². The predicted molar refractivity (Wildman–Crippen MR) is 377 cm³/mol. The van der Waals surface area contributed by atoms with Crippen molar-refractivity contribution in [1.82, 2.24) is 0 Å². The van der Waals surface area contributed by atoms with Gasteiger partial charge in [0.15, 0.2) is 12.2 Å². The molecule has 93 heavy (non-hydrogen) atoms. The summed E-state index contributed by atoms with van der Waals surface area (Å²) in [6.45, 7) is 7.28. The van der Waals surface area contributed by atoms with Gasteiger partial charge in [0, 0.05) is 25.7 Å². The molecule has 552 valence electrons. The summed E-state index contributed by atoms with van der Waals surface area (Å²) in [4.78, 5) is 72.5. The molecule has 19 heteroatoms. The number of aliphatic hydroxyl groups is 1. The minimum atomic E-state index is -4.95. The van der Waals surface area contributed by atoms with Crippen molar-refractivity contribution in [3.8, 4) is 0 Å². The van der Waals surface area contributed by atoms with Gasteiger partial charge in [-0.1, -0.05) is 336 Å². The van der Waals surface area contributed by atoms with Crippen LogP contribution in [0.5, 0.6) is 0 Å². The van der Waals surface area contributed by atoms with E-state index in [2.05, 4.69) is 34.6 Å². The van der Waals surface area contributed by atoms with Gasteiger partial charge in [-0.25, -0.2) is 9.13 Å². The summed E-state index contributed by atoms with van der Waals surface area (Å²) in [7, 11) is -9.90. The lowest BCUT2D eigenvalue weighted by Gasteiger charge is -2.21. The van der Waals surface area contributed by atoms with Crippen LogP contribution in [-0.2, 0) is 65.4 Å². The monoisotopic (exact) mass is 1370 g/mol. The molecule has 0 heterocycles. The summed E-state index contributed by atoms with van der Waals surface area (Å²) in [6, 6.07) is 0. The zero-order valence-corrected chi connectivity index (χ0v) is 62.2. The Balaban J connectivity index is 5.13. The number of hydrogen-bond donors (Lipinski definition) is 3. The molecule has 6 atom stereocenters. The quantitative estimate of drug-likeness (QED) is 0.0222. The van der Waals surface area contributed by atoms with Crippen LogP contribution in [0.15, 0.2) is 0 Å². The Kier molecular flexibility index (Phi) is 65.9. The first-order valence-electron chi connectivity index (χ1n) is 38.7. The van der Waals surface area contributed by atoms with Crippen molar-refractivity contribution in [1.29, 1.82) is 0 Å². The van der Waals surface area contributed by atoms with Crippen LogP contribution in [0.4, 0.5) is 0 Å². The van der Waals surface area contributed by atoms with Gasteiger partial charge >= 0.3 is 39.5 Å². The summed E-state index contributed by atoms with van der Waals surface area (Å²) in [5.74, 6) is -1.25. The fourth-order valence-corrected chi connectivity index (χ4v) is 12.9. The largest absolute Gasteiger partial charge is 0.472 e. The minimum absolute atomic E-state index is 0.106. The number of ether oxygens (including phenoxy) is 4. The van der Waals surface area contributed by atoms with E-state index in [1.165, 1.54) is 199 Å². The van der Waals surface area contributed by atoms with Gasteiger partial charge in [-0.15, -0.1) is 0 Å². The molecule has 0 aromatic carbocycles. The van der Waals surface area contributed by atoms with E-state index in [0.717, 1.165) is 109 Å². The maximum atomic E-state index is 13.1. The Morgan fingerprint density at radius 3 is 0.763 bits per heavy atom. The molecule has 3 unspecified atom stereocenters. The van der Waals surface area contributed by atoms with E-state index in [1.54, 1.807) is 0 Å². The number of rotatable bonds is 74. The van der Waals surface area contributed by atoms with Crippen molar-refractivity contribution in [2.45, 2.75) is 406 Å². The lowest BCUT2D eigenvalue weighted by molar-refractivity contribution is -0.161. The van der Waals surface area contributed by atoms with E-state index in [1.807, 2.05) is 0 Å². The third-order valence-electron chi connectivity index (χ3n) is 17.6. The average Bonchev–Trinajstić information content (AvgIpc) is 3.05. The third-order valence-corrected chi connectivity index (χ3v) is 19.5. The van der Waals surface area contributed by atoms with Gasteiger partial charge in [0.1, 0.15) is 19.3 Å². The Morgan fingerprint density at radius 2 is 0.516 bits per heavy atom. The summed E-state index contributed by atoms with van der Waals surface area (Å²) in [5, 5.41) is 10.6. The van der Waals surface area contributed by atoms with Crippen molar-refractivity contribution in [2.75, 3.05) is 39.6 Å². The van der Waals surface area contributed by atoms with Crippen LogP contribution in [0.1, 0.15) is 388 Å².